The molecule has 3 nitrogen and oxygen atoms in total. The predicted octanol–water partition coefficient (Wildman–Crippen LogP) is 4.61. The van der Waals surface area contributed by atoms with Crippen LogP contribution < -0.4 is 5.14 Å². The molecule has 1 aromatic carbocycles. The van der Waals surface area contributed by atoms with E-state index in [4.69, 9.17) is 5.14 Å². The summed E-state index contributed by atoms with van der Waals surface area (Å²) in [6.07, 6.45) is 5.31. The lowest BCUT2D eigenvalue weighted by molar-refractivity contribution is 0.582. The van der Waals surface area contributed by atoms with Crippen molar-refractivity contribution in [3.63, 3.8) is 0 Å². The van der Waals surface area contributed by atoms with E-state index in [2.05, 4.69) is 29.8 Å². The Labute approximate surface area is 141 Å². The number of primary sulfonamides is 1. The van der Waals surface area contributed by atoms with Crippen LogP contribution in [0, 0.1) is 5.92 Å². The second kappa shape index (κ2) is 7.11. The summed E-state index contributed by atoms with van der Waals surface area (Å²) in [7, 11) is -3.73. The van der Waals surface area contributed by atoms with Crippen LogP contribution in [-0.2, 0) is 10.0 Å². The molecule has 1 aliphatic rings. The van der Waals surface area contributed by atoms with Crippen LogP contribution in [0.4, 0.5) is 0 Å². The maximum Gasteiger partial charge on any atom is 0.238 e. The number of rotatable bonds is 5. The van der Waals surface area contributed by atoms with Crippen molar-refractivity contribution in [1.29, 1.82) is 0 Å². The highest BCUT2D eigenvalue weighted by atomic mass is 79.9. The zero-order chi connectivity index (χ0) is 16.3. The van der Waals surface area contributed by atoms with Gasteiger partial charge in [-0.15, -0.1) is 0 Å². The van der Waals surface area contributed by atoms with E-state index < -0.39 is 10.0 Å². The molecule has 5 heteroatoms. The summed E-state index contributed by atoms with van der Waals surface area (Å²) in [6.45, 7) is 4.28. The summed E-state index contributed by atoms with van der Waals surface area (Å²) < 4.78 is 25.3. The topological polar surface area (TPSA) is 60.2 Å². The number of nitrogens with two attached hydrogens (primary N) is 1. The van der Waals surface area contributed by atoms with E-state index in [1.165, 1.54) is 0 Å². The minimum absolute atomic E-state index is 0.335. The summed E-state index contributed by atoms with van der Waals surface area (Å²) in [6, 6.07) is 7.73. The molecule has 2 N–H and O–H groups in total. The van der Waals surface area contributed by atoms with Gasteiger partial charge < -0.3 is 0 Å². The van der Waals surface area contributed by atoms with Crippen molar-refractivity contribution in [2.24, 2.45) is 11.1 Å². The monoisotopic (exact) mass is 383 g/mol. The van der Waals surface area contributed by atoms with E-state index >= 15 is 0 Å². The Balaban J connectivity index is 2.49. The van der Waals surface area contributed by atoms with E-state index in [1.807, 2.05) is 30.3 Å². The standard InChI is InChI=1S/C17H22BrNO2S/c1-12(2)6-7-14-4-3-5-16(17(14)22(19,20)21)13-8-10-15(18)11-9-13/h4,8-12H,3,5-7H2,1-2H3,(H2,19,20,21). The number of halogens is 1. The maximum atomic E-state index is 12.2. The van der Waals surface area contributed by atoms with E-state index in [-0.39, 0.29) is 0 Å². The molecule has 0 radical (unpaired) electrons. The average molecular weight is 384 g/mol. The van der Waals surface area contributed by atoms with Crippen LogP contribution in [0.25, 0.3) is 5.57 Å². The lowest BCUT2D eigenvalue weighted by atomic mass is 9.90. The number of hydrogen-bond acceptors (Lipinski definition) is 2. The first-order chi connectivity index (χ1) is 10.3. The Morgan fingerprint density at radius 1 is 1.23 bits per heavy atom. The van der Waals surface area contributed by atoms with Crippen LogP contribution in [0.1, 0.15) is 45.1 Å². The second-order valence-corrected chi connectivity index (χ2v) is 8.47. The van der Waals surface area contributed by atoms with Gasteiger partial charge in [0.1, 0.15) is 0 Å². The molecule has 0 heterocycles. The molecule has 0 spiro atoms. The van der Waals surface area contributed by atoms with Gasteiger partial charge in [0.2, 0.25) is 10.0 Å². The minimum Gasteiger partial charge on any atom is -0.225 e. The lowest BCUT2D eigenvalue weighted by Gasteiger charge is -2.21. The van der Waals surface area contributed by atoms with Gasteiger partial charge >= 0.3 is 0 Å². The van der Waals surface area contributed by atoms with Gasteiger partial charge in [0, 0.05) is 4.47 Å². The van der Waals surface area contributed by atoms with Gasteiger partial charge in [0.25, 0.3) is 0 Å². The van der Waals surface area contributed by atoms with Crippen molar-refractivity contribution in [2.45, 2.75) is 39.5 Å². The summed E-state index contributed by atoms with van der Waals surface area (Å²) in [5.41, 5.74) is 2.65. The third-order valence-corrected chi connectivity index (χ3v) is 5.43. The minimum atomic E-state index is -3.73. The molecule has 0 saturated heterocycles. The van der Waals surface area contributed by atoms with Gasteiger partial charge in [-0.1, -0.05) is 48.0 Å². The highest BCUT2D eigenvalue weighted by molar-refractivity contribution is 9.10. The summed E-state index contributed by atoms with van der Waals surface area (Å²) >= 11 is 3.41. The second-order valence-electron chi connectivity index (χ2n) is 6.06. The first-order valence-electron chi connectivity index (χ1n) is 7.50. The van der Waals surface area contributed by atoms with Crippen LogP contribution in [0.2, 0.25) is 0 Å². The van der Waals surface area contributed by atoms with Gasteiger partial charge in [-0.05, 0) is 60.4 Å². The van der Waals surface area contributed by atoms with Gasteiger partial charge in [0.05, 0.1) is 4.91 Å². The van der Waals surface area contributed by atoms with Crippen molar-refractivity contribution >= 4 is 31.5 Å². The Hall–Kier alpha value is -0.910. The number of allylic oxidation sites excluding steroid dienone is 3. The number of hydrogen-bond donors (Lipinski definition) is 1. The number of sulfonamides is 1. The van der Waals surface area contributed by atoms with E-state index in [1.54, 1.807) is 0 Å². The van der Waals surface area contributed by atoms with Crippen molar-refractivity contribution in [1.82, 2.24) is 0 Å². The molecule has 0 aromatic heterocycles. The first-order valence-corrected chi connectivity index (χ1v) is 9.84. The maximum absolute atomic E-state index is 12.2. The quantitative estimate of drug-likeness (QED) is 0.806. The molecule has 0 unspecified atom stereocenters. The lowest BCUT2D eigenvalue weighted by Crippen LogP contribution is -2.20. The van der Waals surface area contributed by atoms with Crippen molar-refractivity contribution in [3.8, 4) is 0 Å². The third kappa shape index (κ3) is 4.31. The molecular weight excluding hydrogens is 362 g/mol. The van der Waals surface area contributed by atoms with E-state index in [0.717, 1.165) is 40.4 Å². The average Bonchev–Trinajstić information content (AvgIpc) is 2.44. The van der Waals surface area contributed by atoms with Crippen molar-refractivity contribution in [2.75, 3.05) is 0 Å². The van der Waals surface area contributed by atoms with Gasteiger partial charge in [0.15, 0.2) is 0 Å². The van der Waals surface area contributed by atoms with Gasteiger partial charge in [-0.25, -0.2) is 13.6 Å². The molecule has 0 atom stereocenters. The molecule has 0 bridgehead atoms. The van der Waals surface area contributed by atoms with Crippen molar-refractivity contribution in [3.05, 3.63) is 50.9 Å². The van der Waals surface area contributed by atoms with Crippen LogP contribution in [0.15, 0.2) is 45.3 Å². The molecule has 22 heavy (non-hydrogen) atoms. The van der Waals surface area contributed by atoms with Crippen LogP contribution in [0.3, 0.4) is 0 Å². The Kier molecular flexibility index (Phi) is 5.64. The molecular formula is C17H22BrNO2S. The zero-order valence-electron chi connectivity index (χ0n) is 13.0. The van der Waals surface area contributed by atoms with E-state index in [0.29, 0.717) is 17.2 Å². The summed E-state index contributed by atoms with van der Waals surface area (Å²) in [5, 5.41) is 5.53. The fraction of sp³-hybridized carbons (Fsp3) is 0.412. The zero-order valence-corrected chi connectivity index (χ0v) is 15.4. The molecule has 2 rings (SSSR count). The van der Waals surface area contributed by atoms with Crippen LogP contribution in [0.5, 0.6) is 0 Å². The fourth-order valence-corrected chi connectivity index (χ4v) is 4.11. The molecule has 1 aliphatic carbocycles. The molecule has 1 aromatic rings. The van der Waals surface area contributed by atoms with Crippen LogP contribution in [-0.4, -0.2) is 8.42 Å². The fourth-order valence-electron chi connectivity index (χ4n) is 2.73. The van der Waals surface area contributed by atoms with E-state index in [9.17, 15) is 8.42 Å². The largest absolute Gasteiger partial charge is 0.238 e. The van der Waals surface area contributed by atoms with Crippen molar-refractivity contribution < 1.29 is 8.42 Å². The Morgan fingerprint density at radius 3 is 2.41 bits per heavy atom. The normalized spacial score (nSPS) is 16.1. The molecule has 0 aliphatic heterocycles. The van der Waals surface area contributed by atoms with Gasteiger partial charge in [-0.2, -0.15) is 0 Å². The number of benzene rings is 1. The van der Waals surface area contributed by atoms with Gasteiger partial charge in [-0.3, -0.25) is 0 Å². The highest BCUT2D eigenvalue weighted by Crippen LogP contribution is 2.37. The Morgan fingerprint density at radius 2 is 1.86 bits per heavy atom. The third-order valence-electron chi connectivity index (χ3n) is 3.82. The summed E-state index contributed by atoms with van der Waals surface area (Å²) in [5.74, 6) is 0.528. The first kappa shape index (κ1) is 17.4. The SMILES string of the molecule is CC(C)CCC1=CCCC(c2ccc(Br)cc2)=C1S(N)(=O)=O. The molecule has 0 fully saturated rings. The highest BCUT2D eigenvalue weighted by Gasteiger charge is 2.25. The molecule has 0 saturated carbocycles. The smallest absolute Gasteiger partial charge is 0.225 e. The molecule has 0 amide bonds. The molecule has 120 valence electrons. The Bertz CT molecular complexity index is 701. The summed E-state index contributed by atoms with van der Waals surface area (Å²) in [4.78, 5) is 0.335. The predicted molar refractivity (Wildman–Crippen MR) is 95.6 cm³/mol. The van der Waals surface area contributed by atoms with Crippen LogP contribution >= 0.6 is 15.9 Å².